The number of aromatic nitrogens is 4. The molecule has 2 aromatic heterocycles. The van der Waals surface area contributed by atoms with E-state index in [0.717, 1.165) is 11.1 Å². The number of carbonyl (C=O) groups excluding carboxylic acids is 1. The molecule has 0 saturated heterocycles. The number of carboxylic acids is 1. The first-order valence-electron chi connectivity index (χ1n) is 8.26. The number of nitrogens with one attached hydrogen (secondary N) is 1. The lowest BCUT2D eigenvalue weighted by Gasteiger charge is -2.04. The van der Waals surface area contributed by atoms with Crippen molar-refractivity contribution in [2.24, 2.45) is 0 Å². The number of rotatable bonds is 7. The zero-order chi connectivity index (χ0) is 19.4. The van der Waals surface area contributed by atoms with E-state index < -0.39 is 5.97 Å². The Labute approximate surface area is 160 Å². The van der Waals surface area contributed by atoms with E-state index in [9.17, 15) is 9.59 Å². The highest BCUT2D eigenvalue weighted by Gasteiger charge is 2.12. The molecule has 0 aliphatic rings. The Balaban J connectivity index is 1.57. The van der Waals surface area contributed by atoms with Crippen LogP contribution in [-0.2, 0) is 17.9 Å². The zero-order valence-corrected chi connectivity index (χ0v) is 15.3. The predicted molar refractivity (Wildman–Crippen MR) is 100.0 cm³/mol. The highest BCUT2D eigenvalue weighted by molar-refractivity contribution is 6.33. The van der Waals surface area contributed by atoms with Crippen molar-refractivity contribution in [3.63, 3.8) is 0 Å². The predicted octanol–water partition coefficient (Wildman–Crippen LogP) is 2.82. The number of amides is 1. The van der Waals surface area contributed by atoms with Crippen molar-refractivity contribution in [2.75, 3.05) is 5.32 Å². The van der Waals surface area contributed by atoms with Gasteiger partial charge in [-0.15, -0.1) is 0 Å². The van der Waals surface area contributed by atoms with Crippen molar-refractivity contribution >= 4 is 29.3 Å². The molecule has 0 radical (unpaired) electrons. The molecule has 0 saturated carbocycles. The SMILES string of the molecule is Cc1cccc(Cn2cc(Cl)c(NC(=O)CCn3ccc(C(=O)O)n3)n2)c1. The molecule has 2 heterocycles. The smallest absolute Gasteiger partial charge is 0.356 e. The number of aromatic carboxylic acids is 1. The summed E-state index contributed by atoms with van der Waals surface area (Å²) in [5, 5.41) is 20.0. The van der Waals surface area contributed by atoms with E-state index in [-0.39, 0.29) is 24.6 Å². The maximum atomic E-state index is 12.1. The summed E-state index contributed by atoms with van der Waals surface area (Å²) in [6.07, 6.45) is 3.29. The van der Waals surface area contributed by atoms with Crippen LogP contribution >= 0.6 is 11.6 Å². The van der Waals surface area contributed by atoms with Gasteiger partial charge in [0.2, 0.25) is 5.91 Å². The van der Waals surface area contributed by atoms with Crippen LogP contribution in [0, 0.1) is 6.92 Å². The molecule has 3 aromatic rings. The Hall–Kier alpha value is -3.13. The molecule has 3 rings (SSSR count). The van der Waals surface area contributed by atoms with Crippen molar-refractivity contribution in [1.82, 2.24) is 19.6 Å². The van der Waals surface area contributed by atoms with Crippen molar-refractivity contribution in [1.29, 1.82) is 0 Å². The van der Waals surface area contributed by atoms with Crippen LogP contribution < -0.4 is 5.32 Å². The van der Waals surface area contributed by atoms with Crippen molar-refractivity contribution in [2.45, 2.75) is 26.4 Å². The van der Waals surface area contributed by atoms with Crippen molar-refractivity contribution in [3.8, 4) is 0 Å². The van der Waals surface area contributed by atoms with Gasteiger partial charge in [-0.2, -0.15) is 10.2 Å². The quantitative estimate of drug-likeness (QED) is 0.649. The summed E-state index contributed by atoms with van der Waals surface area (Å²) in [5.41, 5.74) is 2.18. The maximum absolute atomic E-state index is 12.1. The first kappa shape index (κ1) is 18.7. The number of nitrogens with zero attached hydrogens (tertiary/aromatic N) is 4. The largest absolute Gasteiger partial charge is 0.476 e. The van der Waals surface area contributed by atoms with Gasteiger partial charge >= 0.3 is 5.97 Å². The number of aryl methyl sites for hydroxylation is 2. The highest BCUT2D eigenvalue weighted by atomic mass is 35.5. The second-order valence-corrected chi connectivity index (χ2v) is 6.49. The Morgan fingerprint density at radius 1 is 1.22 bits per heavy atom. The minimum Gasteiger partial charge on any atom is -0.476 e. The Morgan fingerprint density at radius 2 is 2.04 bits per heavy atom. The summed E-state index contributed by atoms with van der Waals surface area (Å²) in [7, 11) is 0. The lowest BCUT2D eigenvalue weighted by atomic mass is 10.1. The Bertz CT molecular complexity index is 979. The lowest BCUT2D eigenvalue weighted by molar-refractivity contribution is -0.116. The summed E-state index contributed by atoms with van der Waals surface area (Å²) in [4.78, 5) is 22.9. The molecule has 0 spiro atoms. The van der Waals surface area contributed by atoms with E-state index in [1.807, 2.05) is 25.1 Å². The van der Waals surface area contributed by atoms with E-state index in [1.165, 1.54) is 16.9 Å². The molecule has 1 aromatic carbocycles. The van der Waals surface area contributed by atoms with Crippen LogP contribution in [0.1, 0.15) is 28.0 Å². The molecule has 9 heteroatoms. The van der Waals surface area contributed by atoms with Crippen molar-refractivity contribution < 1.29 is 14.7 Å². The lowest BCUT2D eigenvalue weighted by Crippen LogP contribution is -2.16. The van der Waals surface area contributed by atoms with Crippen LogP contribution in [0.3, 0.4) is 0 Å². The van der Waals surface area contributed by atoms with Crippen LogP contribution in [-0.4, -0.2) is 36.5 Å². The van der Waals surface area contributed by atoms with Crippen LogP contribution in [0.4, 0.5) is 5.82 Å². The minimum absolute atomic E-state index is 0.0617. The Kier molecular flexibility index (Phi) is 5.56. The fraction of sp³-hybridized carbons (Fsp3) is 0.222. The fourth-order valence-corrected chi connectivity index (χ4v) is 2.77. The minimum atomic E-state index is -1.11. The third kappa shape index (κ3) is 4.95. The Morgan fingerprint density at radius 3 is 2.74 bits per heavy atom. The summed E-state index contributed by atoms with van der Waals surface area (Å²) < 4.78 is 3.07. The highest BCUT2D eigenvalue weighted by Crippen LogP contribution is 2.20. The van der Waals surface area contributed by atoms with E-state index in [1.54, 1.807) is 10.9 Å². The number of halogens is 1. The van der Waals surface area contributed by atoms with Gasteiger partial charge in [-0.1, -0.05) is 41.4 Å². The third-order valence-corrected chi connectivity index (χ3v) is 4.11. The van der Waals surface area contributed by atoms with Gasteiger partial charge in [0.25, 0.3) is 0 Å². The molecule has 1 amide bonds. The first-order valence-corrected chi connectivity index (χ1v) is 8.63. The molecule has 8 nitrogen and oxygen atoms in total. The zero-order valence-electron chi connectivity index (χ0n) is 14.6. The second-order valence-electron chi connectivity index (χ2n) is 6.08. The van der Waals surface area contributed by atoms with E-state index >= 15 is 0 Å². The molecule has 0 bridgehead atoms. The number of benzene rings is 1. The van der Waals surface area contributed by atoms with Gasteiger partial charge in [0.15, 0.2) is 11.5 Å². The number of hydrogen-bond acceptors (Lipinski definition) is 4. The van der Waals surface area contributed by atoms with Crippen LogP contribution in [0.2, 0.25) is 5.02 Å². The van der Waals surface area contributed by atoms with E-state index in [0.29, 0.717) is 17.4 Å². The van der Waals surface area contributed by atoms with Crippen LogP contribution in [0.25, 0.3) is 0 Å². The molecule has 0 unspecified atom stereocenters. The van der Waals surface area contributed by atoms with E-state index in [4.69, 9.17) is 16.7 Å². The number of hydrogen-bond donors (Lipinski definition) is 2. The molecule has 0 aliphatic heterocycles. The molecule has 2 N–H and O–H groups in total. The van der Waals surface area contributed by atoms with Gasteiger partial charge < -0.3 is 10.4 Å². The average molecular weight is 388 g/mol. The molecule has 140 valence electrons. The summed E-state index contributed by atoms with van der Waals surface area (Å²) >= 11 is 6.16. The molecule has 0 aliphatic carbocycles. The normalized spacial score (nSPS) is 10.7. The van der Waals surface area contributed by atoms with Gasteiger partial charge in [0.05, 0.1) is 6.54 Å². The molecular formula is C18H18ClN5O3. The summed E-state index contributed by atoms with van der Waals surface area (Å²) in [6, 6.07) is 9.43. The van der Waals surface area contributed by atoms with Crippen LogP contribution in [0.15, 0.2) is 42.7 Å². The van der Waals surface area contributed by atoms with Gasteiger partial charge in [0.1, 0.15) is 5.02 Å². The summed E-state index contributed by atoms with van der Waals surface area (Å²) in [6.45, 7) is 2.81. The van der Waals surface area contributed by atoms with Gasteiger partial charge in [-0.05, 0) is 18.6 Å². The number of carbonyl (C=O) groups is 2. The summed E-state index contributed by atoms with van der Waals surface area (Å²) in [5.74, 6) is -1.10. The average Bonchev–Trinajstić information content (AvgIpc) is 3.20. The fourth-order valence-electron chi connectivity index (χ4n) is 2.57. The number of carboxylic acid groups (broad SMARTS) is 1. The standard InChI is InChI=1S/C18H18ClN5O3/c1-12-3-2-4-13(9-12)10-24-11-14(19)17(22-24)20-16(25)6-8-23-7-5-15(21-23)18(26)27/h2-5,7,9,11H,6,8,10H2,1H3,(H,26,27)(H,20,22,25). The van der Waals surface area contributed by atoms with Gasteiger partial charge in [-0.25, -0.2) is 4.79 Å². The van der Waals surface area contributed by atoms with Crippen LogP contribution in [0.5, 0.6) is 0 Å². The monoisotopic (exact) mass is 387 g/mol. The molecular weight excluding hydrogens is 370 g/mol. The molecule has 27 heavy (non-hydrogen) atoms. The first-order chi connectivity index (χ1) is 12.9. The number of anilines is 1. The topological polar surface area (TPSA) is 102 Å². The van der Waals surface area contributed by atoms with Crippen molar-refractivity contribution in [3.05, 3.63) is 64.6 Å². The third-order valence-electron chi connectivity index (χ3n) is 3.83. The van der Waals surface area contributed by atoms with Gasteiger partial charge in [-0.3, -0.25) is 14.2 Å². The van der Waals surface area contributed by atoms with E-state index in [2.05, 4.69) is 21.6 Å². The molecule has 0 fully saturated rings. The maximum Gasteiger partial charge on any atom is 0.356 e. The second kappa shape index (κ2) is 8.05. The molecule has 0 atom stereocenters. The van der Waals surface area contributed by atoms with Gasteiger partial charge in [0, 0.05) is 25.4 Å².